The quantitative estimate of drug-likeness (QED) is 0.752. The Morgan fingerprint density at radius 2 is 2.00 bits per heavy atom. The van der Waals surface area contributed by atoms with Crippen LogP contribution in [-0.2, 0) is 11.2 Å². The Labute approximate surface area is 105 Å². The minimum Gasteiger partial charge on any atom is -0.377 e. The Balaban J connectivity index is 2.61. The lowest BCUT2D eigenvalue weighted by atomic mass is 9.99. The van der Waals surface area contributed by atoms with Crippen molar-refractivity contribution in [3.8, 4) is 0 Å². The predicted octanol–water partition coefficient (Wildman–Crippen LogP) is 2.42. The lowest BCUT2D eigenvalue weighted by Crippen LogP contribution is -2.41. The molecule has 0 spiro atoms. The zero-order valence-corrected chi connectivity index (χ0v) is 11.1. The maximum Gasteiger partial charge on any atom is 0.0730 e. The van der Waals surface area contributed by atoms with Crippen molar-refractivity contribution in [3.05, 3.63) is 30.1 Å². The summed E-state index contributed by atoms with van der Waals surface area (Å²) in [6.07, 6.45) is 7.23. The lowest BCUT2D eigenvalue weighted by molar-refractivity contribution is 0.0301. The number of hydrogen-bond donors (Lipinski definition) is 1. The van der Waals surface area contributed by atoms with Gasteiger partial charge in [-0.2, -0.15) is 0 Å². The highest BCUT2D eigenvalue weighted by Gasteiger charge is 2.19. The molecule has 0 amide bonds. The molecule has 2 unspecified atom stereocenters. The van der Waals surface area contributed by atoms with E-state index < -0.39 is 0 Å². The highest BCUT2D eigenvalue weighted by Crippen LogP contribution is 2.12. The Morgan fingerprint density at radius 3 is 2.53 bits per heavy atom. The number of hydrogen-bond acceptors (Lipinski definition) is 3. The molecule has 0 aliphatic heterocycles. The van der Waals surface area contributed by atoms with Crippen LogP contribution in [0.5, 0.6) is 0 Å². The number of nitrogens with one attached hydrogen (secondary N) is 1. The third kappa shape index (κ3) is 4.84. The van der Waals surface area contributed by atoms with Gasteiger partial charge in [-0.15, -0.1) is 0 Å². The molecule has 0 saturated carbocycles. The van der Waals surface area contributed by atoms with Crippen molar-refractivity contribution >= 4 is 0 Å². The maximum absolute atomic E-state index is 5.83. The first-order valence-electron chi connectivity index (χ1n) is 6.49. The van der Waals surface area contributed by atoms with Gasteiger partial charge in [0.05, 0.1) is 6.10 Å². The van der Waals surface area contributed by atoms with E-state index in [0.29, 0.717) is 12.1 Å². The van der Waals surface area contributed by atoms with Crippen LogP contribution in [-0.4, -0.2) is 30.8 Å². The Kier molecular flexibility index (Phi) is 6.82. The minimum absolute atomic E-state index is 0.295. The van der Waals surface area contributed by atoms with Crippen molar-refractivity contribution in [3.63, 3.8) is 0 Å². The molecular weight excluding hydrogens is 212 g/mol. The van der Waals surface area contributed by atoms with Crippen molar-refractivity contribution in [2.45, 2.75) is 45.3 Å². The van der Waals surface area contributed by atoms with Gasteiger partial charge in [-0.1, -0.05) is 13.3 Å². The monoisotopic (exact) mass is 236 g/mol. The summed E-state index contributed by atoms with van der Waals surface area (Å²) in [4.78, 5) is 4.04. The molecule has 0 radical (unpaired) electrons. The maximum atomic E-state index is 5.83. The zero-order valence-electron chi connectivity index (χ0n) is 11.1. The Morgan fingerprint density at radius 1 is 1.29 bits per heavy atom. The molecule has 0 aromatic carbocycles. The molecular formula is C14H24N2O. The van der Waals surface area contributed by atoms with Crippen LogP contribution in [0.3, 0.4) is 0 Å². The summed E-state index contributed by atoms with van der Waals surface area (Å²) in [5, 5.41) is 3.37. The van der Waals surface area contributed by atoms with Crippen molar-refractivity contribution in [2.75, 3.05) is 13.7 Å². The number of aromatic nitrogens is 1. The number of pyridine rings is 1. The first-order valence-corrected chi connectivity index (χ1v) is 6.49. The molecule has 1 aromatic rings. The number of rotatable bonds is 8. The van der Waals surface area contributed by atoms with Gasteiger partial charge in [0.15, 0.2) is 0 Å². The van der Waals surface area contributed by atoms with Crippen LogP contribution in [0.25, 0.3) is 0 Å². The average molecular weight is 236 g/mol. The summed E-state index contributed by atoms with van der Waals surface area (Å²) in [6, 6.07) is 4.51. The lowest BCUT2D eigenvalue weighted by Gasteiger charge is -2.26. The zero-order chi connectivity index (χ0) is 12.5. The van der Waals surface area contributed by atoms with Gasteiger partial charge in [-0.3, -0.25) is 4.98 Å². The molecule has 0 aliphatic rings. The van der Waals surface area contributed by atoms with Crippen LogP contribution in [0.1, 0.15) is 32.3 Å². The molecule has 1 heterocycles. The van der Waals surface area contributed by atoms with E-state index >= 15 is 0 Å². The largest absolute Gasteiger partial charge is 0.377 e. The van der Waals surface area contributed by atoms with Gasteiger partial charge in [0.2, 0.25) is 0 Å². The second-order valence-electron chi connectivity index (χ2n) is 4.24. The number of nitrogens with zero attached hydrogens (tertiary/aromatic N) is 1. The van der Waals surface area contributed by atoms with Crippen LogP contribution in [0.4, 0.5) is 0 Å². The SMILES string of the molecule is CCCC(OCC)C(Cc1ccncc1)NC. The summed E-state index contributed by atoms with van der Waals surface area (Å²) in [5.74, 6) is 0. The summed E-state index contributed by atoms with van der Waals surface area (Å²) >= 11 is 0. The van der Waals surface area contributed by atoms with E-state index in [1.807, 2.05) is 19.4 Å². The van der Waals surface area contributed by atoms with E-state index in [2.05, 4.69) is 36.3 Å². The van der Waals surface area contributed by atoms with E-state index in [9.17, 15) is 0 Å². The fraction of sp³-hybridized carbons (Fsp3) is 0.643. The molecule has 0 fully saturated rings. The molecule has 3 nitrogen and oxygen atoms in total. The van der Waals surface area contributed by atoms with Crippen LogP contribution in [0, 0.1) is 0 Å². The van der Waals surface area contributed by atoms with E-state index in [1.165, 1.54) is 5.56 Å². The van der Waals surface area contributed by atoms with Gasteiger partial charge >= 0.3 is 0 Å². The van der Waals surface area contributed by atoms with E-state index in [1.54, 1.807) is 0 Å². The normalized spacial score (nSPS) is 14.5. The second-order valence-corrected chi connectivity index (χ2v) is 4.24. The third-order valence-corrected chi connectivity index (χ3v) is 2.98. The molecule has 1 N–H and O–H groups in total. The Hall–Kier alpha value is -0.930. The van der Waals surface area contributed by atoms with Gasteiger partial charge in [-0.25, -0.2) is 0 Å². The smallest absolute Gasteiger partial charge is 0.0730 e. The van der Waals surface area contributed by atoms with Crippen LogP contribution >= 0.6 is 0 Å². The standard InChI is InChI=1S/C14H24N2O/c1-4-6-14(17-5-2)13(15-3)11-12-7-9-16-10-8-12/h7-10,13-15H,4-6,11H2,1-3H3. The van der Waals surface area contributed by atoms with E-state index in [-0.39, 0.29) is 0 Å². The molecule has 1 aromatic heterocycles. The Bertz CT molecular complexity index is 284. The molecule has 0 saturated heterocycles. The van der Waals surface area contributed by atoms with Crippen LogP contribution in [0.2, 0.25) is 0 Å². The number of likely N-dealkylation sites (N-methyl/N-ethyl adjacent to an activating group) is 1. The molecule has 17 heavy (non-hydrogen) atoms. The van der Waals surface area contributed by atoms with Gasteiger partial charge in [0.1, 0.15) is 0 Å². The number of ether oxygens (including phenoxy) is 1. The fourth-order valence-electron chi connectivity index (χ4n) is 2.09. The van der Waals surface area contributed by atoms with Crippen molar-refractivity contribution in [1.29, 1.82) is 0 Å². The molecule has 0 bridgehead atoms. The molecule has 0 aliphatic carbocycles. The van der Waals surface area contributed by atoms with E-state index in [4.69, 9.17) is 4.74 Å². The van der Waals surface area contributed by atoms with E-state index in [0.717, 1.165) is 25.9 Å². The predicted molar refractivity (Wildman–Crippen MR) is 71.1 cm³/mol. The summed E-state index contributed by atoms with van der Waals surface area (Å²) < 4.78 is 5.83. The summed E-state index contributed by atoms with van der Waals surface area (Å²) in [5.41, 5.74) is 1.31. The molecule has 1 rings (SSSR count). The fourth-order valence-corrected chi connectivity index (χ4v) is 2.09. The summed E-state index contributed by atoms with van der Waals surface area (Å²) in [6.45, 7) is 5.03. The van der Waals surface area contributed by atoms with Crippen molar-refractivity contribution in [2.24, 2.45) is 0 Å². The first-order chi connectivity index (χ1) is 8.31. The van der Waals surface area contributed by atoms with Crippen LogP contribution < -0.4 is 5.32 Å². The molecule has 2 atom stereocenters. The third-order valence-electron chi connectivity index (χ3n) is 2.98. The highest BCUT2D eigenvalue weighted by molar-refractivity contribution is 5.11. The van der Waals surface area contributed by atoms with Crippen molar-refractivity contribution < 1.29 is 4.74 Å². The molecule has 3 heteroatoms. The van der Waals surface area contributed by atoms with Crippen molar-refractivity contribution in [1.82, 2.24) is 10.3 Å². The van der Waals surface area contributed by atoms with Gasteiger partial charge in [-0.05, 0) is 44.5 Å². The molecule has 96 valence electrons. The topological polar surface area (TPSA) is 34.1 Å². The first kappa shape index (κ1) is 14.1. The van der Waals surface area contributed by atoms with Gasteiger partial charge in [0, 0.05) is 25.0 Å². The highest BCUT2D eigenvalue weighted by atomic mass is 16.5. The van der Waals surface area contributed by atoms with Gasteiger partial charge < -0.3 is 10.1 Å². The second kappa shape index (κ2) is 8.20. The van der Waals surface area contributed by atoms with Gasteiger partial charge in [0.25, 0.3) is 0 Å². The summed E-state index contributed by atoms with van der Waals surface area (Å²) in [7, 11) is 2.01. The van der Waals surface area contributed by atoms with Crippen LogP contribution in [0.15, 0.2) is 24.5 Å². The average Bonchev–Trinajstić information content (AvgIpc) is 2.37. The minimum atomic E-state index is 0.295.